The van der Waals surface area contributed by atoms with Crippen LogP contribution in [0.25, 0.3) is 0 Å². The van der Waals surface area contributed by atoms with E-state index in [-0.39, 0.29) is 0 Å². The zero-order valence-corrected chi connectivity index (χ0v) is 12.0. The van der Waals surface area contributed by atoms with Gasteiger partial charge in [0.05, 0.1) is 24.9 Å². The summed E-state index contributed by atoms with van der Waals surface area (Å²) < 4.78 is 7.68. The van der Waals surface area contributed by atoms with Crippen molar-refractivity contribution in [1.29, 1.82) is 0 Å². The average Bonchev–Trinajstić information content (AvgIpc) is 2.82. The van der Waals surface area contributed by atoms with Crippen LogP contribution >= 0.6 is 0 Å². The van der Waals surface area contributed by atoms with Gasteiger partial charge in [-0.15, -0.1) is 0 Å². The van der Waals surface area contributed by atoms with E-state index in [9.17, 15) is 0 Å². The average molecular weight is 263 g/mol. The molecular weight excluding hydrogens is 238 g/mol. The van der Waals surface area contributed by atoms with E-state index in [1.165, 1.54) is 43.5 Å². The summed E-state index contributed by atoms with van der Waals surface area (Å²) in [5, 5.41) is 4.86. The normalized spacial score (nSPS) is 22.8. The lowest BCUT2D eigenvalue weighted by Gasteiger charge is -2.26. The molecule has 0 amide bonds. The van der Waals surface area contributed by atoms with Crippen LogP contribution in [0.15, 0.2) is 6.07 Å². The van der Waals surface area contributed by atoms with Crippen molar-refractivity contribution in [2.75, 3.05) is 26.3 Å². The maximum absolute atomic E-state index is 5.39. The van der Waals surface area contributed by atoms with Crippen LogP contribution in [-0.2, 0) is 11.3 Å². The molecule has 0 spiro atoms. The Morgan fingerprint density at radius 2 is 1.95 bits per heavy atom. The molecule has 1 aromatic rings. The van der Waals surface area contributed by atoms with E-state index in [0.717, 1.165) is 32.8 Å². The number of ether oxygens (including phenoxy) is 1. The van der Waals surface area contributed by atoms with E-state index >= 15 is 0 Å². The monoisotopic (exact) mass is 263 g/mol. The van der Waals surface area contributed by atoms with Crippen LogP contribution in [-0.4, -0.2) is 41.0 Å². The summed E-state index contributed by atoms with van der Waals surface area (Å²) in [5.74, 6) is 0. The van der Waals surface area contributed by atoms with E-state index < -0.39 is 0 Å². The molecule has 0 unspecified atom stereocenters. The van der Waals surface area contributed by atoms with E-state index in [0.29, 0.717) is 6.04 Å². The summed E-state index contributed by atoms with van der Waals surface area (Å²) in [6.45, 7) is 6.98. The minimum Gasteiger partial charge on any atom is -0.379 e. The molecule has 0 radical (unpaired) electrons. The smallest absolute Gasteiger partial charge is 0.0767 e. The highest BCUT2D eigenvalue weighted by Crippen LogP contribution is 2.28. The number of hydrogen-bond acceptors (Lipinski definition) is 3. The van der Waals surface area contributed by atoms with Crippen molar-refractivity contribution in [3.63, 3.8) is 0 Å². The molecule has 0 aromatic carbocycles. The molecule has 1 aromatic heterocycles. The third-order valence-electron chi connectivity index (χ3n) is 4.38. The number of nitrogens with zero attached hydrogens (tertiary/aromatic N) is 3. The van der Waals surface area contributed by atoms with Crippen molar-refractivity contribution in [2.24, 2.45) is 0 Å². The van der Waals surface area contributed by atoms with Crippen LogP contribution in [0.2, 0.25) is 0 Å². The summed E-state index contributed by atoms with van der Waals surface area (Å²) in [7, 11) is 0. The minimum atomic E-state index is 0.646. The van der Waals surface area contributed by atoms with Crippen LogP contribution < -0.4 is 0 Å². The SMILES string of the molecule is Cc1cc(CN2CCOCC2)nn1C1CCCCC1. The first kappa shape index (κ1) is 13.1. The van der Waals surface area contributed by atoms with Gasteiger partial charge in [0.15, 0.2) is 0 Å². The maximum Gasteiger partial charge on any atom is 0.0767 e. The molecule has 1 saturated carbocycles. The van der Waals surface area contributed by atoms with Gasteiger partial charge in [-0.1, -0.05) is 19.3 Å². The second-order valence-electron chi connectivity index (χ2n) is 5.90. The van der Waals surface area contributed by atoms with Crippen LogP contribution in [0, 0.1) is 6.92 Å². The summed E-state index contributed by atoms with van der Waals surface area (Å²) >= 11 is 0. The lowest BCUT2D eigenvalue weighted by atomic mass is 9.95. The minimum absolute atomic E-state index is 0.646. The molecular formula is C15H25N3O. The van der Waals surface area contributed by atoms with Gasteiger partial charge in [-0.2, -0.15) is 5.10 Å². The van der Waals surface area contributed by atoms with Crippen LogP contribution in [0.3, 0.4) is 0 Å². The summed E-state index contributed by atoms with van der Waals surface area (Å²) in [6.07, 6.45) is 6.74. The Kier molecular flexibility index (Phi) is 4.18. The number of aryl methyl sites for hydroxylation is 1. The molecule has 4 nitrogen and oxygen atoms in total. The zero-order chi connectivity index (χ0) is 13.1. The number of rotatable bonds is 3. The van der Waals surface area contributed by atoms with Crippen LogP contribution in [0.4, 0.5) is 0 Å². The topological polar surface area (TPSA) is 30.3 Å². The Bertz CT molecular complexity index is 404. The van der Waals surface area contributed by atoms with E-state index in [1.807, 2.05) is 0 Å². The van der Waals surface area contributed by atoms with Gasteiger partial charge in [0.2, 0.25) is 0 Å². The molecule has 1 aliphatic carbocycles. The molecule has 0 N–H and O–H groups in total. The second-order valence-corrected chi connectivity index (χ2v) is 5.90. The maximum atomic E-state index is 5.39. The van der Waals surface area contributed by atoms with Crippen LogP contribution in [0.1, 0.15) is 49.5 Å². The van der Waals surface area contributed by atoms with E-state index in [2.05, 4.69) is 22.6 Å². The molecule has 2 heterocycles. The third-order valence-corrected chi connectivity index (χ3v) is 4.38. The van der Waals surface area contributed by atoms with Gasteiger partial charge in [-0.05, 0) is 25.8 Å². The Hall–Kier alpha value is -0.870. The van der Waals surface area contributed by atoms with Crippen molar-refractivity contribution in [3.05, 3.63) is 17.5 Å². The van der Waals surface area contributed by atoms with E-state index in [1.54, 1.807) is 0 Å². The first-order valence-corrected chi connectivity index (χ1v) is 7.68. The van der Waals surface area contributed by atoms with Gasteiger partial charge in [0.25, 0.3) is 0 Å². The van der Waals surface area contributed by atoms with Crippen molar-refractivity contribution in [2.45, 2.75) is 51.6 Å². The molecule has 19 heavy (non-hydrogen) atoms. The summed E-state index contributed by atoms with van der Waals surface area (Å²) in [6, 6.07) is 2.91. The molecule has 3 rings (SSSR count). The highest BCUT2D eigenvalue weighted by molar-refractivity contribution is 5.10. The largest absolute Gasteiger partial charge is 0.379 e. The number of hydrogen-bond donors (Lipinski definition) is 0. The molecule has 106 valence electrons. The molecule has 1 saturated heterocycles. The van der Waals surface area contributed by atoms with Gasteiger partial charge in [0.1, 0.15) is 0 Å². The van der Waals surface area contributed by atoms with Crippen molar-refractivity contribution in [1.82, 2.24) is 14.7 Å². The molecule has 2 aliphatic rings. The Morgan fingerprint density at radius 3 is 2.68 bits per heavy atom. The fourth-order valence-electron chi connectivity index (χ4n) is 3.31. The first-order chi connectivity index (χ1) is 9.33. The fourth-order valence-corrected chi connectivity index (χ4v) is 3.31. The van der Waals surface area contributed by atoms with Gasteiger partial charge < -0.3 is 4.74 Å². The summed E-state index contributed by atoms with van der Waals surface area (Å²) in [5.41, 5.74) is 2.56. The van der Waals surface area contributed by atoms with Crippen LogP contribution in [0.5, 0.6) is 0 Å². The lowest BCUT2D eigenvalue weighted by molar-refractivity contribution is 0.0335. The van der Waals surface area contributed by atoms with Gasteiger partial charge in [-0.25, -0.2) is 0 Å². The highest BCUT2D eigenvalue weighted by atomic mass is 16.5. The Balaban J connectivity index is 1.66. The third kappa shape index (κ3) is 3.18. The standard InChI is InChI=1S/C15H25N3O/c1-13-11-14(12-17-7-9-19-10-8-17)16-18(13)15-5-3-2-4-6-15/h11,15H,2-10,12H2,1H3. The lowest BCUT2D eigenvalue weighted by Crippen LogP contribution is -2.35. The first-order valence-electron chi connectivity index (χ1n) is 7.68. The second kappa shape index (κ2) is 6.06. The quantitative estimate of drug-likeness (QED) is 0.839. The molecule has 1 aliphatic heterocycles. The fraction of sp³-hybridized carbons (Fsp3) is 0.800. The Labute approximate surface area is 115 Å². The zero-order valence-electron chi connectivity index (χ0n) is 12.0. The van der Waals surface area contributed by atoms with Gasteiger partial charge >= 0.3 is 0 Å². The highest BCUT2D eigenvalue weighted by Gasteiger charge is 2.19. The van der Waals surface area contributed by atoms with Gasteiger partial charge in [-0.3, -0.25) is 9.58 Å². The Morgan fingerprint density at radius 1 is 1.21 bits per heavy atom. The predicted octanol–water partition coefficient (Wildman–Crippen LogP) is 2.53. The van der Waals surface area contributed by atoms with E-state index in [4.69, 9.17) is 9.84 Å². The number of morpholine rings is 1. The number of aromatic nitrogens is 2. The van der Waals surface area contributed by atoms with Crippen molar-refractivity contribution in [3.8, 4) is 0 Å². The van der Waals surface area contributed by atoms with Crippen molar-refractivity contribution >= 4 is 0 Å². The van der Waals surface area contributed by atoms with Crippen molar-refractivity contribution < 1.29 is 4.74 Å². The predicted molar refractivity (Wildman–Crippen MR) is 75.2 cm³/mol. The molecule has 0 bridgehead atoms. The molecule has 2 fully saturated rings. The van der Waals surface area contributed by atoms with Gasteiger partial charge in [0, 0.05) is 25.3 Å². The molecule has 4 heteroatoms. The molecule has 0 atom stereocenters. The summed E-state index contributed by atoms with van der Waals surface area (Å²) in [4.78, 5) is 2.44.